The minimum atomic E-state index is 0.740. The average molecular weight is 373 g/mol. The van der Waals surface area contributed by atoms with Crippen LogP contribution in [0.1, 0.15) is 42.0 Å². The largest absolute Gasteiger partial charge is 0.449 e. The van der Waals surface area contributed by atoms with Gasteiger partial charge in [0.2, 0.25) is 5.75 Å². The Hall–Kier alpha value is -2.39. The maximum absolute atomic E-state index is 6.56. The molecule has 1 aliphatic heterocycles. The van der Waals surface area contributed by atoms with Crippen LogP contribution in [0.4, 0.5) is 0 Å². The Kier molecular flexibility index (Phi) is 3.22. The van der Waals surface area contributed by atoms with Gasteiger partial charge in [-0.1, -0.05) is 37.1 Å². The van der Waals surface area contributed by atoms with E-state index in [4.69, 9.17) is 4.74 Å². The molecule has 3 heteroatoms. The summed E-state index contributed by atoms with van der Waals surface area (Å²) in [5.41, 5.74) is 3.84. The first-order valence-corrected chi connectivity index (χ1v) is 10.7. The van der Waals surface area contributed by atoms with Crippen molar-refractivity contribution < 1.29 is 9.30 Å². The molecule has 134 valence electrons. The second-order valence-corrected chi connectivity index (χ2v) is 9.15. The fourth-order valence-electron chi connectivity index (χ4n) is 4.98. The number of pyridine rings is 1. The number of thiophene rings is 1. The molecule has 0 unspecified atom stereocenters. The SMILES string of the molecule is Cc1ccc2cccc3c2c1-c1c(c2cc(C4CCCC4)sc2c[n+]1C)O3. The van der Waals surface area contributed by atoms with Crippen molar-refractivity contribution in [2.45, 2.75) is 38.5 Å². The topological polar surface area (TPSA) is 13.1 Å². The second kappa shape index (κ2) is 5.56. The number of hydrogen-bond donors (Lipinski definition) is 0. The zero-order valence-electron chi connectivity index (χ0n) is 15.7. The van der Waals surface area contributed by atoms with Crippen molar-refractivity contribution in [2.24, 2.45) is 7.05 Å². The lowest BCUT2D eigenvalue weighted by atomic mass is 9.93. The molecule has 3 heterocycles. The van der Waals surface area contributed by atoms with E-state index in [0.717, 1.165) is 17.4 Å². The van der Waals surface area contributed by atoms with Gasteiger partial charge in [-0.15, -0.1) is 11.3 Å². The molecule has 0 bridgehead atoms. The number of nitrogens with zero attached hydrogens (tertiary/aromatic N) is 1. The third-order valence-corrected chi connectivity index (χ3v) is 7.56. The van der Waals surface area contributed by atoms with E-state index in [1.807, 2.05) is 11.3 Å². The predicted octanol–water partition coefficient (Wildman–Crippen LogP) is 6.62. The van der Waals surface area contributed by atoms with Crippen LogP contribution in [0.5, 0.6) is 11.5 Å². The van der Waals surface area contributed by atoms with E-state index in [2.05, 4.69) is 61.1 Å². The first-order chi connectivity index (χ1) is 13.2. The lowest BCUT2D eigenvalue weighted by Gasteiger charge is -2.21. The van der Waals surface area contributed by atoms with Crippen molar-refractivity contribution in [3.8, 4) is 22.8 Å². The maximum atomic E-state index is 6.56. The standard InChI is InChI=1S/C24H22NOS/c1-14-10-11-16-8-5-9-18-22(16)21(14)23-24(26-18)17-12-19(15-6-3-4-7-15)27-20(17)13-25(23)2/h5,8-13,15H,3-4,6-7H2,1-2H3/q+1. The number of benzene rings is 2. The van der Waals surface area contributed by atoms with Gasteiger partial charge in [-0.2, -0.15) is 4.57 Å². The van der Waals surface area contributed by atoms with E-state index in [0.29, 0.717) is 0 Å². The van der Waals surface area contributed by atoms with Crippen LogP contribution >= 0.6 is 11.3 Å². The van der Waals surface area contributed by atoms with Gasteiger partial charge < -0.3 is 4.74 Å². The minimum Gasteiger partial charge on any atom is -0.449 e. The fraction of sp³-hybridized carbons (Fsp3) is 0.292. The van der Waals surface area contributed by atoms with Crippen molar-refractivity contribution in [1.29, 1.82) is 0 Å². The molecule has 0 N–H and O–H groups in total. The highest BCUT2D eigenvalue weighted by molar-refractivity contribution is 7.19. The molecule has 27 heavy (non-hydrogen) atoms. The zero-order chi connectivity index (χ0) is 18.1. The third kappa shape index (κ3) is 2.15. The summed E-state index contributed by atoms with van der Waals surface area (Å²) in [4.78, 5) is 1.54. The van der Waals surface area contributed by atoms with E-state index >= 15 is 0 Å². The Balaban J connectivity index is 1.69. The third-order valence-electron chi connectivity index (χ3n) is 6.33. The molecule has 6 rings (SSSR count). The predicted molar refractivity (Wildman–Crippen MR) is 112 cm³/mol. The highest BCUT2D eigenvalue weighted by Crippen LogP contribution is 2.50. The van der Waals surface area contributed by atoms with Crippen molar-refractivity contribution in [3.63, 3.8) is 0 Å². The molecule has 2 aromatic carbocycles. The van der Waals surface area contributed by atoms with Gasteiger partial charge in [-0.05, 0) is 48.8 Å². The molecule has 0 saturated heterocycles. The molecule has 0 amide bonds. The summed E-state index contributed by atoms with van der Waals surface area (Å²) in [6.45, 7) is 2.21. The van der Waals surface area contributed by atoms with Crippen molar-refractivity contribution in [3.05, 3.63) is 53.0 Å². The highest BCUT2D eigenvalue weighted by atomic mass is 32.1. The van der Waals surface area contributed by atoms with Gasteiger partial charge in [0.05, 0.1) is 5.56 Å². The van der Waals surface area contributed by atoms with Crippen LogP contribution in [-0.4, -0.2) is 0 Å². The molecule has 1 fully saturated rings. The lowest BCUT2D eigenvalue weighted by Crippen LogP contribution is -2.32. The Morgan fingerprint density at radius 3 is 2.81 bits per heavy atom. The molecule has 2 nitrogen and oxygen atoms in total. The first-order valence-electron chi connectivity index (χ1n) is 9.87. The van der Waals surface area contributed by atoms with Gasteiger partial charge in [0.25, 0.3) is 5.69 Å². The van der Waals surface area contributed by atoms with Crippen LogP contribution in [0.2, 0.25) is 0 Å². The molecule has 0 spiro atoms. The summed E-state index contributed by atoms with van der Waals surface area (Å²) < 4.78 is 10.2. The highest BCUT2D eigenvalue weighted by Gasteiger charge is 2.32. The van der Waals surface area contributed by atoms with Crippen LogP contribution in [0.15, 0.2) is 42.6 Å². The van der Waals surface area contributed by atoms with Gasteiger partial charge in [0.15, 0.2) is 6.20 Å². The van der Waals surface area contributed by atoms with E-state index in [-0.39, 0.29) is 0 Å². The smallest absolute Gasteiger partial charge is 0.257 e. The van der Waals surface area contributed by atoms with E-state index in [9.17, 15) is 0 Å². The number of ether oxygens (including phenoxy) is 1. The molecule has 0 atom stereocenters. The minimum absolute atomic E-state index is 0.740. The Morgan fingerprint density at radius 2 is 1.96 bits per heavy atom. The summed E-state index contributed by atoms with van der Waals surface area (Å²) in [7, 11) is 2.16. The summed E-state index contributed by atoms with van der Waals surface area (Å²) in [6, 6.07) is 13.2. The maximum Gasteiger partial charge on any atom is 0.257 e. The summed E-state index contributed by atoms with van der Waals surface area (Å²) >= 11 is 1.96. The van der Waals surface area contributed by atoms with Gasteiger partial charge >= 0.3 is 0 Å². The lowest BCUT2D eigenvalue weighted by molar-refractivity contribution is -0.659. The molecule has 4 aromatic rings. The molecule has 2 aromatic heterocycles. The van der Waals surface area contributed by atoms with Crippen LogP contribution in [-0.2, 0) is 7.05 Å². The molecule has 1 aliphatic carbocycles. The van der Waals surface area contributed by atoms with Crippen molar-refractivity contribution in [1.82, 2.24) is 0 Å². The number of hydrogen-bond acceptors (Lipinski definition) is 2. The van der Waals surface area contributed by atoms with Gasteiger partial charge in [0, 0.05) is 15.6 Å². The number of rotatable bonds is 1. The number of fused-ring (bicyclic) bond motifs is 4. The van der Waals surface area contributed by atoms with Crippen molar-refractivity contribution >= 4 is 32.2 Å². The molecular formula is C24H22NOS+. The second-order valence-electron chi connectivity index (χ2n) is 8.04. The summed E-state index contributed by atoms with van der Waals surface area (Å²) in [5.74, 6) is 2.76. The summed E-state index contributed by atoms with van der Waals surface area (Å²) in [6.07, 6.45) is 7.71. The zero-order valence-corrected chi connectivity index (χ0v) is 16.5. The van der Waals surface area contributed by atoms with Crippen LogP contribution in [0, 0.1) is 6.92 Å². The molecule has 0 radical (unpaired) electrons. The molecule has 2 aliphatic rings. The fourth-order valence-corrected chi connectivity index (χ4v) is 6.29. The monoisotopic (exact) mass is 372 g/mol. The summed E-state index contributed by atoms with van der Waals surface area (Å²) in [5, 5.41) is 3.77. The quantitative estimate of drug-likeness (QED) is 0.301. The Bertz CT molecular complexity index is 1230. The first kappa shape index (κ1) is 15.6. The van der Waals surface area contributed by atoms with E-state index in [1.165, 1.54) is 68.2 Å². The Morgan fingerprint density at radius 1 is 1.11 bits per heavy atom. The molecular weight excluding hydrogens is 350 g/mol. The van der Waals surface area contributed by atoms with Crippen LogP contribution in [0.3, 0.4) is 0 Å². The van der Waals surface area contributed by atoms with E-state index < -0.39 is 0 Å². The van der Waals surface area contributed by atoms with Crippen LogP contribution < -0.4 is 9.30 Å². The normalized spacial score (nSPS) is 16.1. The average Bonchev–Trinajstić information content (AvgIpc) is 3.33. The number of aryl methyl sites for hydroxylation is 2. The van der Waals surface area contributed by atoms with Gasteiger partial charge in [0.1, 0.15) is 17.5 Å². The molecule has 1 saturated carbocycles. The van der Waals surface area contributed by atoms with E-state index in [1.54, 1.807) is 0 Å². The Labute approximate surface area is 163 Å². The van der Waals surface area contributed by atoms with Gasteiger partial charge in [-0.25, -0.2) is 0 Å². The van der Waals surface area contributed by atoms with Crippen LogP contribution in [0.25, 0.3) is 32.1 Å². The van der Waals surface area contributed by atoms with Gasteiger partial charge in [-0.3, -0.25) is 0 Å². The number of aromatic nitrogens is 1. The van der Waals surface area contributed by atoms with Crippen molar-refractivity contribution in [2.75, 3.05) is 0 Å².